The predicted molar refractivity (Wildman–Crippen MR) is 78.9 cm³/mol. The molecular formula is C16H28N2O2. The van der Waals surface area contributed by atoms with Crippen LogP contribution in [0.4, 0.5) is 0 Å². The summed E-state index contributed by atoms with van der Waals surface area (Å²) in [7, 11) is 0. The average molecular weight is 280 g/mol. The smallest absolute Gasteiger partial charge is 0.243 e. The Hall–Kier alpha value is -1.06. The molecule has 2 fully saturated rings. The van der Waals surface area contributed by atoms with Crippen LogP contribution in [0.5, 0.6) is 0 Å². The van der Waals surface area contributed by atoms with E-state index in [1.54, 1.807) is 0 Å². The lowest BCUT2D eigenvalue weighted by atomic mass is 9.69. The van der Waals surface area contributed by atoms with Crippen molar-refractivity contribution in [3.63, 3.8) is 0 Å². The summed E-state index contributed by atoms with van der Waals surface area (Å²) < 4.78 is 0. The fraction of sp³-hybridized carbons (Fsp3) is 0.875. The van der Waals surface area contributed by atoms with Crippen molar-refractivity contribution in [2.45, 2.75) is 77.2 Å². The molecule has 4 nitrogen and oxygen atoms in total. The van der Waals surface area contributed by atoms with Crippen molar-refractivity contribution in [1.29, 1.82) is 0 Å². The van der Waals surface area contributed by atoms with Gasteiger partial charge in [-0.1, -0.05) is 33.1 Å². The lowest BCUT2D eigenvalue weighted by Crippen LogP contribution is -2.60. The molecule has 2 aliphatic carbocycles. The van der Waals surface area contributed by atoms with Crippen LogP contribution in [0.3, 0.4) is 0 Å². The zero-order valence-corrected chi connectivity index (χ0v) is 12.8. The summed E-state index contributed by atoms with van der Waals surface area (Å²) in [6.07, 6.45) is 8.57. The molecule has 0 spiro atoms. The normalized spacial score (nSPS) is 25.9. The third-order valence-corrected chi connectivity index (χ3v) is 5.27. The van der Waals surface area contributed by atoms with Crippen LogP contribution in [0.25, 0.3) is 0 Å². The molecule has 0 radical (unpaired) electrons. The third kappa shape index (κ3) is 3.33. The van der Waals surface area contributed by atoms with E-state index >= 15 is 0 Å². The van der Waals surface area contributed by atoms with E-state index in [0.29, 0.717) is 12.8 Å². The Morgan fingerprint density at radius 2 is 1.55 bits per heavy atom. The Kier molecular flexibility index (Phi) is 4.40. The molecule has 2 amide bonds. The Bertz CT molecular complexity index is 374. The summed E-state index contributed by atoms with van der Waals surface area (Å²) in [6.45, 7) is 4.42. The molecule has 0 aromatic rings. The monoisotopic (exact) mass is 280 g/mol. The van der Waals surface area contributed by atoms with Gasteiger partial charge in [-0.05, 0) is 43.9 Å². The Morgan fingerprint density at radius 3 is 2.05 bits per heavy atom. The van der Waals surface area contributed by atoms with Crippen molar-refractivity contribution in [2.75, 3.05) is 0 Å². The van der Waals surface area contributed by atoms with E-state index in [-0.39, 0.29) is 23.1 Å². The second kappa shape index (κ2) is 5.74. The van der Waals surface area contributed by atoms with E-state index in [1.807, 2.05) is 0 Å². The van der Waals surface area contributed by atoms with E-state index in [2.05, 4.69) is 19.2 Å². The molecule has 0 atom stereocenters. The number of amides is 2. The molecule has 0 bridgehead atoms. The minimum absolute atomic E-state index is 0.0446. The number of nitrogens with one attached hydrogen (secondary N) is 1. The fourth-order valence-electron chi connectivity index (χ4n) is 3.49. The highest BCUT2D eigenvalue weighted by Gasteiger charge is 2.44. The molecule has 4 heteroatoms. The molecule has 20 heavy (non-hydrogen) atoms. The van der Waals surface area contributed by atoms with Crippen molar-refractivity contribution < 1.29 is 9.59 Å². The zero-order chi connectivity index (χ0) is 14.8. The summed E-state index contributed by atoms with van der Waals surface area (Å²) in [6, 6.07) is 0. The number of carbonyl (C=O) groups excluding carboxylic acids is 2. The van der Waals surface area contributed by atoms with Crippen molar-refractivity contribution in [3.05, 3.63) is 0 Å². The van der Waals surface area contributed by atoms with Gasteiger partial charge in [0, 0.05) is 5.92 Å². The fourth-order valence-corrected chi connectivity index (χ4v) is 3.49. The Labute approximate surface area is 121 Å². The largest absolute Gasteiger partial charge is 0.368 e. The molecule has 0 heterocycles. The quantitative estimate of drug-likeness (QED) is 0.833. The highest BCUT2D eigenvalue weighted by Crippen LogP contribution is 2.40. The summed E-state index contributed by atoms with van der Waals surface area (Å²) in [5.41, 5.74) is 5.06. The van der Waals surface area contributed by atoms with Gasteiger partial charge in [0.1, 0.15) is 5.54 Å². The van der Waals surface area contributed by atoms with Gasteiger partial charge in [0.05, 0.1) is 0 Å². The van der Waals surface area contributed by atoms with Crippen LogP contribution in [0.15, 0.2) is 0 Å². The first-order valence-electron chi connectivity index (χ1n) is 7.97. The van der Waals surface area contributed by atoms with Gasteiger partial charge in [-0.25, -0.2) is 0 Å². The van der Waals surface area contributed by atoms with Crippen LogP contribution < -0.4 is 11.1 Å². The number of hydrogen-bond acceptors (Lipinski definition) is 2. The van der Waals surface area contributed by atoms with Crippen LogP contribution in [0, 0.1) is 11.3 Å². The van der Waals surface area contributed by atoms with E-state index in [1.165, 1.54) is 6.42 Å². The zero-order valence-electron chi connectivity index (χ0n) is 12.8. The molecule has 2 aliphatic rings. The van der Waals surface area contributed by atoms with Crippen LogP contribution in [-0.4, -0.2) is 17.4 Å². The lowest BCUT2D eigenvalue weighted by molar-refractivity contribution is -0.136. The average Bonchev–Trinajstić information content (AvgIpc) is 2.42. The number of hydrogen-bond donors (Lipinski definition) is 2. The predicted octanol–water partition coefficient (Wildman–Crippen LogP) is 2.51. The van der Waals surface area contributed by atoms with Crippen LogP contribution in [-0.2, 0) is 9.59 Å². The van der Waals surface area contributed by atoms with Gasteiger partial charge >= 0.3 is 0 Å². The van der Waals surface area contributed by atoms with Gasteiger partial charge in [0.15, 0.2) is 0 Å². The lowest BCUT2D eigenvalue weighted by Gasteiger charge is -2.42. The highest BCUT2D eigenvalue weighted by molar-refractivity contribution is 5.91. The summed E-state index contributed by atoms with van der Waals surface area (Å²) in [4.78, 5) is 24.3. The maximum atomic E-state index is 12.4. The Balaban J connectivity index is 2.02. The molecule has 0 saturated heterocycles. The molecule has 3 N–H and O–H groups in total. The van der Waals surface area contributed by atoms with Crippen molar-refractivity contribution in [2.24, 2.45) is 17.1 Å². The van der Waals surface area contributed by atoms with E-state index < -0.39 is 5.54 Å². The molecule has 114 valence electrons. The summed E-state index contributed by atoms with van der Waals surface area (Å²) in [5, 5.41) is 3.03. The minimum Gasteiger partial charge on any atom is -0.368 e. The molecule has 0 unspecified atom stereocenters. The molecular weight excluding hydrogens is 252 g/mol. The first-order chi connectivity index (χ1) is 9.35. The van der Waals surface area contributed by atoms with Crippen LogP contribution in [0.2, 0.25) is 0 Å². The topological polar surface area (TPSA) is 72.2 Å². The van der Waals surface area contributed by atoms with E-state index in [9.17, 15) is 9.59 Å². The first kappa shape index (κ1) is 15.3. The van der Waals surface area contributed by atoms with Crippen molar-refractivity contribution >= 4 is 11.8 Å². The van der Waals surface area contributed by atoms with Crippen LogP contribution in [0.1, 0.15) is 71.6 Å². The maximum Gasteiger partial charge on any atom is 0.243 e. The first-order valence-corrected chi connectivity index (χ1v) is 7.97. The summed E-state index contributed by atoms with van der Waals surface area (Å²) >= 11 is 0. The molecule has 2 rings (SSSR count). The molecule has 0 aromatic carbocycles. The number of primary amides is 1. The van der Waals surface area contributed by atoms with Gasteiger partial charge < -0.3 is 11.1 Å². The van der Waals surface area contributed by atoms with Gasteiger partial charge in [-0.15, -0.1) is 0 Å². The third-order valence-electron chi connectivity index (χ3n) is 5.27. The van der Waals surface area contributed by atoms with Crippen molar-refractivity contribution in [3.8, 4) is 0 Å². The van der Waals surface area contributed by atoms with Gasteiger partial charge in [-0.3, -0.25) is 9.59 Å². The highest BCUT2D eigenvalue weighted by atomic mass is 16.2. The number of carbonyl (C=O) groups is 2. The van der Waals surface area contributed by atoms with Crippen LogP contribution >= 0.6 is 0 Å². The standard InChI is InChI=1S/C16H28N2O2/c1-15(2)8-10-16(11-9-15,14(17)20)18-13(19)12-6-4-3-5-7-12/h12H,3-11H2,1-2H3,(H2,17,20)(H,18,19). The number of nitrogens with two attached hydrogens (primary N) is 1. The second-order valence-corrected chi connectivity index (χ2v) is 7.43. The van der Waals surface area contributed by atoms with Gasteiger partial charge in [0.25, 0.3) is 0 Å². The minimum atomic E-state index is -0.802. The molecule has 0 aliphatic heterocycles. The van der Waals surface area contributed by atoms with E-state index in [4.69, 9.17) is 5.73 Å². The Morgan fingerprint density at radius 1 is 1.00 bits per heavy atom. The van der Waals surface area contributed by atoms with Gasteiger partial charge in [0.2, 0.25) is 11.8 Å². The second-order valence-electron chi connectivity index (χ2n) is 7.43. The van der Waals surface area contributed by atoms with E-state index in [0.717, 1.165) is 38.5 Å². The summed E-state index contributed by atoms with van der Waals surface area (Å²) in [5.74, 6) is -0.240. The molecule has 2 saturated carbocycles. The number of rotatable bonds is 3. The molecule has 0 aromatic heterocycles. The maximum absolute atomic E-state index is 12.4. The van der Waals surface area contributed by atoms with Crippen molar-refractivity contribution in [1.82, 2.24) is 5.32 Å². The van der Waals surface area contributed by atoms with Gasteiger partial charge in [-0.2, -0.15) is 0 Å². The SMILES string of the molecule is CC1(C)CCC(NC(=O)C2CCCCC2)(C(N)=O)CC1.